The topological polar surface area (TPSA) is 49.9 Å². The first kappa shape index (κ1) is 12.4. The van der Waals surface area contributed by atoms with Gasteiger partial charge in [0, 0.05) is 17.8 Å². The van der Waals surface area contributed by atoms with Crippen molar-refractivity contribution in [2.75, 3.05) is 19.7 Å². The van der Waals surface area contributed by atoms with Crippen molar-refractivity contribution >= 4 is 11.0 Å². The zero-order valence-electron chi connectivity index (χ0n) is 11.7. The van der Waals surface area contributed by atoms with Crippen molar-refractivity contribution in [1.29, 1.82) is 0 Å². The second-order valence-electron chi connectivity index (χ2n) is 6.23. The molecule has 1 spiro atoms. The van der Waals surface area contributed by atoms with E-state index in [1.807, 2.05) is 12.4 Å². The number of nitrogens with one attached hydrogen (secondary N) is 2. The molecule has 0 saturated carbocycles. The Morgan fingerprint density at radius 3 is 3.10 bits per heavy atom. The zero-order valence-corrected chi connectivity index (χ0v) is 11.7. The molecule has 4 nitrogen and oxygen atoms in total. The van der Waals surface area contributed by atoms with E-state index >= 15 is 0 Å². The smallest absolute Gasteiger partial charge is 0.137 e. The summed E-state index contributed by atoms with van der Waals surface area (Å²) in [5.41, 5.74) is 2.56. The first-order valence-electron chi connectivity index (χ1n) is 7.60. The molecule has 0 aromatic carbocycles. The number of nitrogens with zero attached hydrogens (tertiary/aromatic N) is 1. The molecule has 0 radical (unpaired) electrons. The van der Waals surface area contributed by atoms with Gasteiger partial charge >= 0.3 is 0 Å². The van der Waals surface area contributed by atoms with Crippen molar-refractivity contribution in [3.8, 4) is 0 Å². The summed E-state index contributed by atoms with van der Waals surface area (Å²) in [5, 5.41) is 4.69. The Labute approximate surface area is 118 Å². The van der Waals surface area contributed by atoms with Crippen molar-refractivity contribution in [3.63, 3.8) is 0 Å². The SMILES string of the molecule is c1cc(C[C@H]2COC3(CCNCC3)C2)c2cc[nH]c2n1. The Kier molecular flexibility index (Phi) is 3.00. The van der Waals surface area contributed by atoms with Gasteiger partial charge in [0.2, 0.25) is 0 Å². The second-order valence-corrected chi connectivity index (χ2v) is 6.23. The fourth-order valence-electron chi connectivity index (χ4n) is 3.81. The highest BCUT2D eigenvalue weighted by Crippen LogP contribution is 2.38. The maximum Gasteiger partial charge on any atom is 0.137 e. The van der Waals surface area contributed by atoms with Crippen LogP contribution in [0.15, 0.2) is 24.5 Å². The summed E-state index contributed by atoms with van der Waals surface area (Å²) in [7, 11) is 0. The molecule has 2 aromatic rings. The monoisotopic (exact) mass is 271 g/mol. The van der Waals surface area contributed by atoms with Gasteiger partial charge in [-0.2, -0.15) is 0 Å². The number of piperidine rings is 1. The molecule has 20 heavy (non-hydrogen) atoms. The molecule has 2 saturated heterocycles. The Hall–Kier alpha value is -1.39. The molecule has 2 fully saturated rings. The van der Waals surface area contributed by atoms with Gasteiger partial charge in [-0.15, -0.1) is 0 Å². The molecule has 4 heterocycles. The van der Waals surface area contributed by atoms with Gasteiger partial charge < -0.3 is 15.0 Å². The van der Waals surface area contributed by atoms with Crippen molar-refractivity contribution in [3.05, 3.63) is 30.1 Å². The predicted octanol–water partition coefficient (Wildman–Crippen LogP) is 2.26. The summed E-state index contributed by atoms with van der Waals surface area (Å²) in [5.74, 6) is 0.647. The minimum Gasteiger partial charge on any atom is -0.375 e. The average Bonchev–Trinajstić information content (AvgIpc) is 3.08. The van der Waals surface area contributed by atoms with Gasteiger partial charge in [-0.05, 0) is 62.4 Å². The third-order valence-electron chi connectivity index (χ3n) is 4.86. The number of aromatic amines is 1. The number of ether oxygens (including phenoxy) is 1. The number of H-pyrrole nitrogens is 1. The van der Waals surface area contributed by atoms with Gasteiger partial charge in [0.1, 0.15) is 5.65 Å². The highest BCUT2D eigenvalue weighted by molar-refractivity contribution is 5.79. The van der Waals surface area contributed by atoms with Crippen LogP contribution in [0.2, 0.25) is 0 Å². The highest BCUT2D eigenvalue weighted by atomic mass is 16.5. The molecule has 4 rings (SSSR count). The molecule has 0 unspecified atom stereocenters. The lowest BCUT2D eigenvalue weighted by Gasteiger charge is -2.33. The van der Waals surface area contributed by atoms with Crippen LogP contribution in [0.3, 0.4) is 0 Å². The zero-order chi connectivity index (χ0) is 13.4. The van der Waals surface area contributed by atoms with E-state index in [0.29, 0.717) is 5.92 Å². The molecule has 0 aliphatic carbocycles. The van der Waals surface area contributed by atoms with E-state index in [0.717, 1.165) is 31.8 Å². The molecule has 0 bridgehead atoms. The van der Waals surface area contributed by atoms with E-state index in [1.165, 1.54) is 30.2 Å². The molecular weight excluding hydrogens is 250 g/mol. The van der Waals surface area contributed by atoms with Gasteiger partial charge in [0.05, 0.1) is 12.2 Å². The number of pyridine rings is 1. The second kappa shape index (κ2) is 4.86. The number of rotatable bonds is 2. The van der Waals surface area contributed by atoms with Crippen LogP contribution in [0.4, 0.5) is 0 Å². The van der Waals surface area contributed by atoms with E-state index in [4.69, 9.17) is 4.74 Å². The maximum atomic E-state index is 6.20. The molecule has 2 aliphatic heterocycles. The predicted molar refractivity (Wildman–Crippen MR) is 78.7 cm³/mol. The van der Waals surface area contributed by atoms with Gasteiger partial charge in [0.15, 0.2) is 0 Å². The van der Waals surface area contributed by atoms with Crippen LogP contribution in [0.25, 0.3) is 11.0 Å². The van der Waals surface area contributed by atoms with E-state index in [-0.39, 0.29) is 5.60 Å². The fraction of sp³-hybridized carbons (Fsp3) is 0.562. The van der Waals surface area contributed by atoms with Gasteiger partial charge in [-0.25, -0.2) is 4.98 Å². The van der Waals surface area contributed by atoms with Crippen LogP contribution in [-0.4, -0.2) is 35.3 Å². The van der Waals surface area contributed by atoms with Crippen LogP contribution >= 0.6 is 0 Å². The van der Waals surface area contributed by atoms with Crippen LogP contribution in [0, 0.1) is 5.92 Å². The molecule has 2 N–H and O–H groups in total. The highest BCUT2D eigenvalue weighted by Gasteiger charge is 2.40. The van der Waals surface area contributed by atoms with Crippen LogP contribution < -0.4 is 5.32 Å². The molecule has 106 valence electrons. The van der Waals surface area contributed by atoms with E-state index in [1.54, 1.807) is 0 Å². The summed E-state index contributed by atoms with van der Waals surface area (Å²) in [6, 6.07) is 4.29. The van der Waals surface area contributed by atoms with Crippen LogP contribution in [0.1, 0.15) is 24.8 Å². The Bertz CT molecular complexity index is 601. The third-order valence-corrected chi connectivity index (χ3v) is 4.86. The van der Waals surface area contributed by atoms with Gasteiger partial charge in [-0.3, -0.25) is 0 Å². The lowest BCUT2D eigenvalue weighted by atomic mass is 9.84. The fourth-order valence-corrected chi connectivity index (χ4v) is 3.81. The minimum atomic E-state index is 0.167. The molecule has 4 heteroatoms. The molecular formula is C16H21N3O. The lowest BCUT2D eigenvalue weighted by Crippen LogP contribution is -2.41. The summed E-state index contributed by atoms with van der Waals surface area (Å²) in [6.45, 7) is 3.11. The van der Waals surface area contributed by atoms with E-state index in [9.17, 15) is 0 Å². The lowest BCUT2D eigenvalue weighted by molar-refractivity contribution is -0.0196. The first-order valence-corrected chi connectivity index (χ1v) is 7.60. The largest absolute Gasteiger partial charge is 0.375 e. The summed E-state index contributed by atoms with van der Waals surface area (Å²) in [4.78, 5) is 7.56. The van der Waals surface area contributed by atoms with Gasteiger partial charge in [0.25, 0.3) is 0 Å². The first-order chi connectivity index (χ1) is 9.85. The average molecular weight is 271 g/mol. The molecule has 1 atom stereocenters. The number of aromatic nitrogens is 2. The van der Waals surface area contributed by atoms with Crippen molar-refractivity contribution in [1.82, 2.24) is 15.3 Å². The van der Waals surface area contributed by atoms with Crippen LogP contribution in [-0.2, 0) is 11.2 Å². The summed E-state index contributed by atoms with van der Waals surface area (Å²) in [6.07, 6.45) is 8.53. The van der Waals surface area contributed by atoms with Crippen LogP contribution in [0.5, 0.6) is 0 Å². The van der Waals surface area contributed by atoms with Crippen molar-refractivity contribution in [2.24, 2.45) is 5.92 Å². The summed E-state index contributed by atoms with van der Waals surface area (Å²) >= 11 is 0. The Morgan fingerprint density at radius 2 is 2.20 bits per heavy atom. The molecule has 2 aliphatic rings. The van der Waals surface area contributed by atoms with Gasteiger partial charge in [-0.1, -0.05) is 0 Å². The number of hydrogen-bond acceptors (Lipinski definition) is 3. The standard InChI is InChI=1S/C16H21N3O/c1-5-18-15-14(2-6-19-15)13(1)9-12-10-16(20-11-12)3-7-17-8-4-16/h1-2,5-6,12,17H,3-4,7-11H2,(H,18,19)/t12-/m1/s1. The Balaban J connectivity index is 1.51. The Morgan fingerprint density at radius 1 is 1.30 bits per heavy atom. The quantitative estimate of drug-likeness (QED) is 0.881. The minimum absolute atomic E-state index is 0.167. The molecule has 2 aromatic heterocycles. The van der Waals surface area contributed by atoms with E-state index < -0.39 is 0 Å². The maximum absolute atomic E-state index is 6.20. The molecule has 0 amide bonds. The third kappa shape index (κ3) is 2.13. The van der Waals surface area contributed by atoms with E-state index in [2.05, 4.69) is 27.4 Å². The number of fused-ring (bicyclic) bond motifs is 1. The van der Waals surface area contributed by atoms with Crippen molar-refractivity contribution in [2.45, 2.75) is 31.3 Å². The normalized spacial score (nSPS) is 25.5. The summed E-state index contributed by atoms with van der Waals surface area (Å²) < 4.78 is 6.20. The number of hydrogen-bond donors (Lipinski definition) is 2. The van der Waals surface area contributed by atoms with Crippen molar-refractivity contribution < 1.29 is 4.74 Å².